The van der Waals surface area contributed by atoms with Crippen LogP contribution in [-0.2, 0) is 12.8 Å². The lowest BCUT2D eigenvalue weighted by Gasteiger charge is -2.04. The molecule has 6 heteroatoms. The first kappa shape index (κ1) is 15.8. The zero-order valence-electron chi connectivity index (χ0n) is 12.4. The first-order valence-electron chi connectivity index (χ1n) is 7.07. The summed E-state index contributed by atoms with van der Waals surface area (Å²) in [6.07, 6.45) is 1.30. The fraction of sp³-hybridized carbons (Fsp3) is 0.176. The molecule has 1 aromatic heterocycles. The van der Waals surface area contributed by atoms with Gasteiger partial charge in [-0.1, -0.05) is 41.4 Å². The third-order valence-electron chi connectivity index (χ3n) is 3.43. The van der Waals surface area contributed by atoms with Crippen LogP contribution in [0.4, 0.5) is 0 Å². The Bertz CT molecular complexity index is 818. The van der Waals surface area contributed by atoms with Crippen molar-refractivity contribution in [2.75, 3.05) is 7.11 Å². The standard InChI is InChI=1S/C17H14Cl2N2O2/c1-22-15-5-3-2-4-13(15)17-21-20-16(23-17)9-7-11-6-8-12(18)10-14(11)19/h2-6,8,10H,7,9H2,1H3. The molecule has 1 heterocycles. The minimum absolute atomic E-state index is 0.444. The third kappa shape index (κ3) is 3.66. The molecule has 118 valence electrons. The number of halogens is 2. The van der Waals surface area contributed by atoms with Crippen LogP contribution in [0, 0.1) is 0 Å². The van der Waals surface area contributed by atoms with E-state index >= 15 is 0 Å². The zero-order valence-corrected chi connectivity index (χ0v) is 13.9. The second kappa shape index (κ2) is 7.02. The number of benzene rings is 2. The summed E-state index contributed by atoms with van der Waals surface area (Å²) < 4.78 is 11.0. The van der Waals surface area contributed by atoms with E-state index in [0.717, 1.165) is 11.1 Å². The number of rotatable bonds is 5. The third-order valence-corrected chi connectivity index (χ3v) is 4.01. The molecule has 3 rings (SSSR count). The van der Waals surface area contributed by atoms with Crippen LogP contribution >= 0.6 is 23.2 Å². The lowest BCUT2D eigenvalue weighted by Crippen LogP contribution is -1.92. The average Bonchev–Trinajstić information content (AvgIpc) is 3.03. The normalized spacial score (nSPS) is 10.7. The molecule has 0 N–H and O–H groups in total. The number of nitrogens with zero attached hydrogens (tertiary/aromatic N) is 2. The maximum Gasteiger partial charge on any atom is 0.251 e. The Balaban J connectivity index is 1.75. The molecule has 23 heavy (non-hydrogen) atoms. The summed E-state index contributed by atoms with van der Waals surface area (Å²) >= 11 is 12.1. The highest BCUT2D eigenvalue weighted by Gasteiger charge is 2.13. The van der Waals surface area contributed by atoms with Gasteiger partial charge in [-0.2, -0.15) is 0 Å². The van der Waals surface area contributed by atoms with Crippen molar-refractivity contribution >= 4 is 23.2 Å². The largest absolute Gasteiger partial charge is 0.496 e. The van der Waals surface area contributed by atoms with Gasteiger partial charge in [0.1, 0.15) is 5.75 Å². The van der Waals surface area contributed by atoms with Gasteiger partial charge in [0, 0.05) is 16.5 Å². The van der Waals surface area contributed by atoms with Gasteiger partial charge in [-0.25, -0.2) is 0 Å². The number of methoxy groups -OCH3 is 1. The molecule has 4 nitrogen and oxygen atoms in total. The van der Waals surface area contributed by atoms with E-state index in [4.69, 9.17) is 32.4 Å². The number of aryl methyl sites for hydroxylation is 2. The minimum atomic E-state index is 0.444. The topological polar surface area (TPSA) is 48.2 Å². The minimum Gasteiger partial charge on any atom is -0.496 e. The summed E-state index contributed by atoms with van der Waals surface area (Å²) in [5.41, 5.74) is 1.77. The van der Waals surface area contributed by atoms with E-state index in [0.29, 0.717) is 40.4 Å². The van der Waals surface area contributed by atoms with E-state index in [2.05, 4.69) is 10.2 Å². The zero-order chi connectivity index (χ0) is 16.2. The van der Waals surface area contributed by atoms with Gasteiger partial charge < -0.3 is 9.15 Å². The number of aromatic nitrogens is 2. The van der Waals surface area contributed by atoms with E-state index in [1.165, 1.54) is 0 Å². The van der Waals surface area contributed by atoms with Gasteiger partial charge in [-0.15, -0.1) is 10.2 Å². The molecule has 3 aromatic rings. The Hall–Kier alpha value is -2.04. The van der Waals surface area contributed by atoms with Gasteiger partial charge >= 0.3 is 0 Å². The summed E-state index contributed by atoms with van der Waals surface area (Å²) in [4.78, 5) is 0. The Labute approximate surface area is 144 Å². The lowest BCUT2D eigenvalue weighted by atomic mass is 10.1. The predicted octanol–water partition coefficient (Wildman–Crippen LogP) is 4.84. The summed E-state index contributed by atoms with van der Waals surface area (Å²) in [7, 11) is 1.61. The van der Waals surface area contributed by atoms with Crippen LogP contribution in [0.25, 0.3) is 11.5 Å². The summed E-state index contributed by atoms with van der Waals surface area (Å²) in [6.45, 7) is 0. The average molecular weight is 349 g/mol. The highest BCUT2D eigenvalue weighted by atomic mass is 35.5. The molecule has 2 aromatic carbocycles. The molecule has 0 saturated heterocycles. The molecule has 0 unspecified atom stereocenters. The number of hydrogen-bond donors (Lipinski definition) is 0. The Morgan fingerprint density at radius 3 is 2.65 bits per heavy atom. The molecule has 0 atom stereocenters. The molecule has 0 spiro atoms. The molecular weight excluding hydrogens is 335 g/mol. The SMILES string of the molecule is COc1ccccc1-c1nnc(CCc2ccc(Cl)cc2Cl)o1. The molecule has 0 aliphatic heterocycles. The summed E-state index contributed by atoms with van der Waals surface area (Å²) in [5, 5.41) is 9.44. The highest BCUT2D eigenvalue weighted by molar-refractivity contribution is 6.35. The van der Waals surface area contributed by atoms with Crippen molar-refractivity contribution in [3.63, 3.8) is 0 Å². The summed E-state index contributed by atoms with van der Waals surface area (Å²) in [6, 6.07) is 13.0. The number of ether oxygens (including phenoxy) is 1. The van der Waals surface area contributed by atoms with E-state index in [1.807, 2.05) is 36.4 Å². The van der Waals surface area contributed by atoms with Crippen LogP contribution in [0.3, 0.4) is 0 Å². The Morgan fingerprint density at radius 2 is 1.87 bits per heavy atom. The monoisotopic (exact) mass is 348 g/mol. The van der Waals surface area contributed by atoms with Gasteiger partial charge in [0.25, 0.3) is 5.89 Å². The van der Waals surface area contributed by atoms with Crippen molar-refractivity contribution in [2.24, 2.45) is 0 Å². The van der Waals surface area contributed by atoms with Crippen LogP contribution in [0.5, 0.6) is 5.75 Å². The van der Waals surface area contributed by atoms with Gasteiger partial charge in [-0.05, 0) is 36.2 Å². The Kier molecular flexibility index (Phi) is 4.84. The molecule has 0 saturated carbocycles. The predicted molar refractivity (Wildman–Crippen MR) is 90.2 cm³/mol. The van der Waals surface area contributed by atoms with Crippen molar-refractivity contribution in [2.45, 2.75) is 12.8 Å². The molecule has 0 radical (unpaired) electrons. The van der Waals surface area contributed by atoms with Crippen LogP contribution in [-0.4, -0.2) is 17.3 Å². The first-order valence-corrected chi connectivity index (χ1v) is 7.82. The highest BCUT2D eigenvalue weighted by Crippen LogP contribution is 2.29. The van der Waals surface area contributed by atoms with Gasteiger partial charge in [0.05, 0.1) is 12.7 Å². The lowest BCUT2D eigenvalue weighted by molar-refractivity contribution is 0.413. The second-order valence-corrected chi connectivity index (χ2v) is 5.78. The van der Waals surface area contributed by atoms with Crippen LogP contribution in [0.2, 0.25) is 10.0 Å². The smallest absolute Gasteiger partial charge is 0.251 e. The van der Waals surface area contributed by atoms with E-state index in [-0.39, 0.29) is 0 Å². The van der Waals surface area contributed by atoms with Gasteiger partial charge in [0.15, 0.2) is 0 Å². The van der Waals surface area contributed by atoms with Crippen molar-refractivity contribution in [1.29, 1.82) is 0 Å². The van der Waals surface area contributed by atoms with Crippen LogP contribution < -0.4 is 4.74 Å². The van der Waals surface area contributed by atoms with Crippen LogP contribution in [0.15, 0.2) is 46.9 Å². The molecule has 0 aliphatic carbocycles. The van der Waals surface area contributed by atoms with Gasteiger partial charge in [-0.3, -0.25) is 0 Å². The maximum atomic E-state index is 6.17. The van der Waals surface area contributed by atoms with Crippen molar-refractivity contribution < 1.29 is 9.15 Å². The van der Waals surface area contributed by atoms with E-state index in [9.17, 15) is 0 Å². The van der Waals surface area contributed by atoms with E-state index in [1.54, 1.807) is 13.2 Å². The first-order chi connectivity index (χ1) is 11.2. The fourth-order valence-electron chi connectivity index (χ4n) is 2.25. The molecule has 0 aliphatic rings. The number of para-hydroxylation sites is 1. The van der Waals surface area contributed by atoms with Gasteiger partial charge in [0.2, 0.25) is 5.89 Å². The quantitative estimate of drug-likeness (QED) is 0.661. The maximum absolute atomic E-state index is 6.17. The second-order valence-electron chi connectivity index (χ2n) is 4.94. The molecule has 0 bridgehead atoms. The molecule has 0 fully saturated rings. The fourth-order valence-corrected chi connectivity index (χ4v) is 2.75. The number of hydrogen-bond acceptors (Lipinski definition) is 4. The van der Waals surface area contributed by atoms with Crippen molar-refractivity contribution in [1.82, 2.24) is 10.2 Å². The summed E-state index contributed by atoms with van der Waals surface area (Å²) in [5.74, 6) is 1.69. The molecular formula is C17H14Cl2N2O2. The van der Waals surface area contributed by atoms with Crippen molar-refractivity contribution in [3.8, 4) is 17.2 Å². The Morgan fingerprint density at radius 1 is 1.04 bits per heavy atom. The van der Waals surface area contributed by atoms with Crippen molar-refractivity contribution in [3.05, 3.63) is 64.0 Å². The van der Waals surface area contributed by atoms with Crippen LogP contribution in [0.1, 0.15) is 11.5 Å². The molecule has 0 amide bonds. The van der Waals surface area contributed by atoms with E-state index < -0.39 is 0 Å².